The van der Waals surface area contributed by atoms with E-state index >= 15 is 0 Å². The van der Waals surface area contributed by atoms with E-state index in [0.29, 0.717) is 17.5 Å². The van der Waals surface area contributed by atoms with Crippen molar-refractivity contribution in [1.82, 2.24) is 24.9 Å². The summed E-state index contributed by atoms with van der Waals surface area (Å²) in [6.45, 7) is 6.12. The number of anilines is 1. The third kappa shape index (κ3) is 4.10. The van der Waals surface area contributed by atoms with E-state index in [1.165, 1.54) is 24.8 Å². The maximum atomic E-state index is 5.50. The summed E-state index contributed by atoms with van der Waals surface area (Å²) >= 11 is 1.55. The first-order valence-corrected chi connectivity index (χ1v) is 11.4. The summed E-state index contributed by atoms with van der Waals surface area (Å²) in [5, 5.41) is 13.9. The predicted octanol–water partition coefficient (Wildman–Crippen LogP) is 5.06. The zero-order valence-corrected chi connectivity index (χ0v) is 18.4. The van der Waals surface area contributed by atoms with Crippen LogP contribution in [0.1, 0.15) is 42.9 Å². The summed E-state index contributed by atoms with van der Waals surface area (Å²) < 4.78 is 13.0. The van der Waals surface area contributed by atoms with E-state index in [4.69, 9.17) is 8.94 Å². The molecule has 4 heterocycles. The average Bonchev–Trinajstić information content (AvgIpc) is 3.55. The molecule has 160 valence electrons. The smallest absolute Gasteiger partial charge is 0.240 e. The van der Waals surface area contributed by atoms with Gasteiger partial charge >= 0.3 is 0 Å². The van der Waals surface area contributed by atoms with Crippen LogP contribution in [0.5, 0.6) is 0 Å². The van der Waals surface area contributed by atoms with Gasteiger partial charge in [-0.2, -0.15) is 4.98 Å². The highest BCUT2D eigenvalue weighted by atomic mass is 32.2. The Morgan fingerprint density at radius 2 is 1.84 bits per heavy atom. The predicted molar refractivity (Wildman–Crippen MR) is 118 cm³/mol. The number of piperidine rings is 1. The Kier molecular flexibility index (Phi) is 5.50. The van der Waals surface area contributed by atoms with E-state index in [1.807, 2.05) is 13.0 Å². The lowest BCUT2D eigenvalue weighted by molar-refractivity contribution is 0.379. The summed E-state index contributed by atoms with van der Waals surface area (Å²) in [7, 11) is 0. The van der Waals surface area contributed by atoms with Crippen molar-refractivity contribution < 1.29 is 8.94 Å². The fraction of sp³-hybridized carbons (Fsp3) is 0.364. The molecule has 1 fully saturated rings. The molecule has 0 spiro atoms. The number of aromatic nitrogens is 5. The van der Waals surface area contributed by atoms with Gasteiger partial charge in [0.15, 0.2) is 10.9 Å². The lowest BCUT2D eigenvalue weighted by atomic mass is 10.1. The molecule has 5 rings (SSSR count). The molecule has 0 amide bonds. The van der Waals surface area contributed by atoms with Crippen LogP contribution >= 0.6 is 11.8 Å². The van der Waals surface area contributed by atoms with E-state index in [0.717, 1.165) is 29.9 Å². The van der Waals surface area contributed by atoms with Gasteiger partial charge < -0.3 is 13.8 Å². The number of nitrogens with zero attached hydrogens (tertiary/aromatic N) is 6. The molecule has 1 aromatic carbocycles. The topological polar surface area (TPSA) is 86.0 Å². The Hall–Kier alpha value is -3.07. The van der Waals surface area contributed by atoms with Crippen molar-refractivity contribution in [2.75, 3.05) is 18.0 Å². The summed E-state index contributed by atoms with van der Waals surface area (Å²) in [4.78, 5) is 6.83. The quantitative estimate of drug-likeness (QED) is 0.388. The van der Waals surface area contributed by atoms with Crippen LogP contribution in [0.3, 0.4) is 0 Å². The summed E-state index contributed by atoms with van der Waals surface area (Å²) in [5.41, 5.74) is 2.27. The van der Waals surface area contributed by atoms with Gasteiger partial charge in [-0.3, -0.25) is 4.57 Å². The van der Waals surface area contributed by atoms with Crippen molar-refractivity contribution >= 4 is 17.7 Å². The van der Waals surface area contributed by atoms with Gasteiger partial charge in [0.25, 0.3) is 0 Å². The monoisotopic (exact) mass is 436 g/mol. The molecule has 8 nitrogen and oxygen atoms in total. The molecule has 0 aliphatic carbocycles. The van der Waals surface area contributed by atoms with E-state index in [1.54, 1.807) is 24.1 Å². The molecule has 1 aliphatic rings. The van der Waals surface area contributed by atoms with E-state index in [9.17, 15) is 0 Å². The van der Waals surface area contributed by atoms with Gasteiger partial charge in [0.05, 0.1) is 17.2 Å². The molecular formula is C22H24N6O2S. The molecule has 4 aromatic rings. The Morgan fingerprint density at radius 1 is 1.03 bits per heavy atom. The third-order valence-corrected chi connectivity index (χ3v) is 6.39. The molecule has 0 N–H and O–H groups in total. The fourth-order valence-electron chi connectivity index (χ4n) is 3.67. The van der Waals surface area contributed by atoms with Crippen molar-refractivity contribution in [3.8, 4) is 17.3 Å². The highest BCUT2D eigenvalue weighted by Gasteiger charge is 2.25. The maximum Gasteiger partial charge on any atom is 0.240 e. The zero-order chi connectivity index (χ0) is 21.2. The van der Waals surface area contributed by atoms with Crippen molar-refractivity contribution in [1.29, 1.82) is 0 Å². The number of aryl methyl sites for hydroxylation is 1. The minimum absolute atomic E-state index is 0.0983. The largest absolute Gasteiger partial charge is 0.461 e. The highest BCUT2D eigenvalue weighted by Crippen LogP contribution is 2.37. The van der Waals surface area contributed by atoms with Crippen molar-refractivity contribution in [2.24, 2.45) is 0 Å². The van der Waals surface area contributed by atoms with Gasteiger partial charge in [-0.25, -0.2) is 0 Å². The number of hydrogen-bond donors (Lipinski definition) is 0. The van der Waals surface area contributed by atoms with Crippen LogP contribution in [0, 0.1) is 6.92 Å². The molecular weight excluding hydrogens is 412 g/mol. The lowest BCUT2D eigenvalue weighted by Gasteiger charge is -2.28. The van der Waals surface area contributed by atoms with Crippen molar-refractivity contribution in [2.45, 2.75) is 43.5 Å². The Bertz CT molecular complexity index is 1130. The number of thioether (sulfide) groups is 1. The minimum atomic E-state index is -0.0983. The number of furan rings is 1. The molecule has 0 saturated carbocycles. The second kappa shape index (κ2) is 8.58. The molecule has 9 heteroatoms. The van der Waals surface area contributed by atoms with Gasteiger partial charge in [-0.1, -0.05) is 34.6 Å². The molecule has 1 unspecified atom stereocenters. The molecule has 0 bridgehead atoms. The first-order chi connectivity index (χ1) is 15.2. The van der Waals surface area contributed by atoms with Gasteiger partial charge in [0.1, 0.15) is 0 Å². The first kappa shape index (κ1) is 19.9. The van der Waals surface area contributed by atoms with Gasteiger partial charge in [0.2, 0.25) is 17.7 Å². The molecule has 1 atom stereocenters. The van der Waals surface area contributed by atoms with E-state index in [2.05, 4.69) is 61.0 Å². The Balaban J connectivity index is 1.45. The van der Waals surface area contributed by atoms with Crippen molar-refractivity contribution in [3.05, 3.63) is 54.1 Å². The maximum absolute atomic E-state index is 5.50. The lowest BCUT2D eigenvalue weighted by Crippen LogP contribution is -2.31. The Labute approximate surface area is 184 Å². The van der Waals surface area contributed by atoms with E-state index in [-0.39, 0.29) is 5.25 Å². The fourth-order valence-corrected chi connectivity index (χ4v) is 4.57. The molecule has 1 saturated heterocycles. The van der Waals surface area contributed by atoms with Crippen LogP contribution in [0.15, 0.2) is 56.8 Å². The van der Waals surface area contributed by atoms with Crippen LogP contribution in [0.4, 0.5) is 5.95 Å². The second-order valence-corrected chi connectivity index (χ2v) is 9.00. The van der Waals surface area contributed by atoms with Gasteiger partial charge in [0, 0.05) is 13.1 Å². The average molecular weight is 437 g/mol. The first-order valence-electron chi connectivity index (χ1n) is 10.5. The van der Waals surface area contributed by atoms with Crippen LogP contribution in [-0.2, 0) is 0 Å². The SMILES string of the molecule is Cc1ccc(-n2c(SC(C)c3nc(-c4ccco4)no3)nnc2N2CCCCC2)cc1. The summed E-state index contributed by atoms with van der Waals surface area (Å²) in [5.74, 6) is 2.44. The van der Waals surface area contributed by atoms with Crippen LogP contribution in [0.2, 0.25) is 0 Å². The minimum Gasteiger partial charge on any atom is -0.461 e. The van der Waals surface area contributed by atoms with Gasteiger partial charge in [-0.15, -0.1) is 10.2 Å². The van der Waals surface area contributed by atoms with Crippen LogP contribution in [0.25, 0.3) is 17.3 Å². The third-order valence-electron chi connectivity index (χ3n) is 5.36. The van der Waals surface area contributed by atoms with Crippen LogP contribution < -0.4 is 4.90 Å². The van der Waals surface area contributed by atoms with Crippen LogP contribution in [-0.4, -0.2) is 38.0 Å². The standard InChI is InChI=1S/C22H24N6O2S/c1-15-8-10-17(11-9-15)28-21(27-12-4-3-5-13-27)24-25-22(28)31-16(2)20-23-19(26-30-20)18-7-6-14-29-18/h6-11,14,16H,3-5,12-13H2,1-2H3. The van der Waals surface area contributed by atoms with Crippen molar-refractivity contribution in [3.63, 3.8) is 0 Å². The zero-order valence-electron chi connectivity index (χ0n) is 17.6. The van der Waals surface area contributed by atoms with Gasteiger partial charge in [-0.05, 0) is 57.4 Å². The Morgan fingerprint density at radius 3 is 2.58 bits per heavy atom. The number of hydrogen-bond acceptors (Lipinski definition) is 8. The summed E-state index contributed by atoms with van der Waals surface area (Å²) in [6, 6.07) is 12.1. The number of rotatable bonds is 6. The molecule has 0 radical (unpaired) electrons. The number of benzene rings is 1. The highest BCUT2D eigenvalue weighted by molar-refractivity contribution is 7.99. The molecule has 3 aromatic heterocycles. The summed E-state index contributed by atoms with van der Waals surface area (Å²) in [6.07, 6.45) is 5.22. The normalized spacial score (nSPS) is 15.4. The molecule has 31 heavy (non-hydrogen) atoms. The molecule has 1 aliphatic heterocycles. The second-order valence-electron chi connectivity index (χ2n) is 7.69. The van der Waals surface area contributed by atoms with E-state index < -0.39 is 0 Å².